The molecular formula is C10H14N3+. The highest BCUT2D eigenvalue weighted by Gasteiger charge is 2.37. The lowest BCUT2D eigenvalue weighted by Crippen LogP contribution is -2.28. The fourth-order valence-electron chi connectivity index (χ4n) is 1.48. The zero-order valence-corrected chi connectivity index (χ0v) is 8.23. The third-order valence-corrected chi connectivity index (χ3v) is 2.11. The van der Waals surface area contributed by atoms with E-state index in [1.807, 2.05) is 24.4 Å². The molecule has 2 rings (SSSR count). The molecule has 0 saturated carbocycles. The van der Waals surface area contributed by atoms with Crippen LogP contribution in [0.1, 0.15) is 20.8 Å². The zero-order chi connectivity index (χ0) is 9.47. The number of hydrogen-bond donors (Lipinski definition) is 0. The Morgan fingerprint density at radius 3 is 2.77 bits per heavy atom. The van der Waals surface area contributed by atoms with Crippen LogP contribution in [-0.2, 0) is 0 Å². The van der Waals surface area contributed by atoms with Gasteiger partial charge in [-0.15, -0.1) is 0 Å². The molecule has 0 spiro atoms. The molecule has 0 saturated heterocycles. The van der Waals surface area contributed by atoms with E-state index in [0.29, 0.717) is 0 Å². The van der Waals surface area contributed by atoms with Gasteiger partial charge in [0.05, 0.1) is 16.7 Å². The van der Waals surface area contributed by atoms with Crippen LogP contribution in [0.5, 0.6) is 0 Å². The highest BCUT2D eigenvalue weighted by molar-refractivity contribution is 5.84. The highest BCUT2D eigenvalue weighted by atomic mass is 15.4. The van der Waals surface area contributed by atoms with Crippen LogP contribution in [0, 0.1) is 5.41 Å². The first-order valence-corrected chi connectivity index (χ1v) is 4.51. The van der Waals surface area contributed by atoms with E-state index in [1.54, 1.807) is 0 Å². The molecule has 13 heavy (non-hydrogen) atoms. The average molecular weight is 176 g/mol. The molecule has 3 heteroatoms. The fourth-order valence-corrected chi connectivity index (χ4v) is 1.48. The molecule has 2 aliphatic heterocycles. The van der Waals surface area contributed by atoms with Gasteiger partial charge in [-0.2, -0.15) is 0 Å². The van der Waals surface area contributed by atoms with Gasteiger partial charge in [0.2, 0.25) is 0 Å². The molecule has 0 aliphatic carbocycles. The maximum Gasteiger partial charge on any atom is 0.333 e. The monoisotopic (exact) mass is 176 g/mol. The van der Waals surface area contributed by atoms with Crippen LogP contribution in [0.3, 0.4) is 0 Å². The summed E-state index contributed by atoms with van der Waals surface area (Å²) in [6.45, 7) is 6.45. The summed E-state index contributed by atoms with van der Waals surface area (Å²) < 4.78 is 2.11. The molecule has 0 aromatic carbocycles. The van der Waals surface area contributed by atoms with Crippen molar-refractivity contribution in [2.75, 3.05) is 0 Å². The Labute approximate surface area is 78.2 Å². The molecule has 1 unspecified atom stereocenters. The summed E-state index contributed by atoms with van der Waals surface area (Å²) in [6.07, 6.45) is 8.19. The number of nitrogens with zero attached hydrogens (tertiary/aromatic N) is 3. The summed E-state index contributed by atoms with van der Waals surface area (Å²) in [5.74, 6) is 1.04. The third kappa shape index (κ3) is 1.34. The van der Waals surface area contributed by atoms with E-state index < -0.39 is 0 Å². The second kappa shape index (κ2) is 2.62. The number of azo groups is 1. The van der Waals surface area contributed by atoms with E-state index >= 15 is 0 Å². The van der Waals surface area contributed by atoms with Gasteiger partial charge in [-0.05, 0) is 38.0 Å². The highest BCUT2D eigenvalue weighted by Crippen LogP contribution is 2.23. The molecular weight excluding hydrogens is 162 g/mol. The normalized spacial score (nSPS) is 25.6. The van der Waals surface area contributed by atoms with Crippen LogP contribution in [0.25, 0.3) is 0 Å². The summed E-state index contributed by atoms with van der Waals surface area (Å²) in [4.78, 5) is 0. The van der Waals surface area contributed by atoms with Crippen molar-refractivity contribution < 1.29 is 4.58 Å². The van der Waals surface area contributed by atoms with Crippen LogP contribution in [0.15, 0.2) is 34.7 Å². The summed E-state index contributed by atoms with van der Waals surface area (Å²) in [7, 11) is 0. The standard InChI is InChI=1S/C10H14N3/c1-10(2,3)9-12-11-8-6-4-5-7-13(8)9/h4-8H,1-3H3/q+1. The van der Waals surface area contributed by atoms with Gasteiger partial charge in [-0.3, -0.25) is 0 Å². The first-order chi connectivity index (χ1) is 6.09. The van der Waals surface area contributed by atoms with E-state index in [1.165, 1.54) is 0 Å². The molecule has 0 amide bonds. The van der Waals surface area contributed by atoms with Crippen molar-refractivity contribution in [2.24, 2.45) is 15.6 Å². The Kier molecular flexibility index (Phi) is 1.68. The van der Waals surface area contributed by atoms with Gasteiger partial charge in [-0.25, -0.2) is 4.58 Å². The van der Waals surface area contributed by atoms with Crippen molar-refractivity contribution in [2.45, 2.75) is 26.9 Å². The number of rotatable bonds is 0. The lowest BCUT2D eigenvalue weighted by molar-refractivity contribution is -0.484. The van der Waals surface area contributed by atoms with E-state index in [-0.39, 0.29) is 11.6 Å². The van der Waals surface area contributed by atoms with Gasteiger partial charge in [-0.1, -0.05) is 6.08 Å². The molecule has 0 aromatic heterocycles. The van der Waals surface area contributed by atoms with E-state index in [2.05, 4.69) is 35.6 Å². The Balaban J connectivity index is 2.45. The number of hydrogen-bond acceptors (Lipinski definition) is 2. The second-order valence-corrected chi connectivity index (χ2v) is 4.34. The van der Waals surface area contributed by atoms with Crippen LogP contribution < -0.4 is 0 Å². The summed E-state index contributed by atoms with van der Waals surface area (Å²) in [5.41, 5.74) is 0.0633. The third-order valence-electron chi connectivity index (χ3n) is 2.11. The van der Waals surface area contributed by atoms with Crippen molar-refractivity contribution >= 4 is 5.84 Å². The Morgan fingerprint density at radius 2 is 2.08 bits per heavy atom. The molecule has 0 N–H and O–H groups in total. The lowest BCUT2D eigenvalue weighted by Gasteiger charge is -2.12. The van der Waals surface area contributed by atoms with Gasteiger partial charge in [0, 0.05) is 0 Å². The predicted molar refractivity (Wildman–Crippen MR) is 51.6 cm³/mol. The first-order valence-electron chi connectivity index (χ1n) is 4.51. The van der Waals surface area contributed by atoms with Gasteiger partial charge < -0.3 is 0 Å². The minimum atomic E-state index is 0.0633. The minimum Gasteiger partial charge on any atom is -0.202 e. The minimum absolute atomic E-state index is 0.0633. The molecule has 3 nitrogen and oxygen atoms in total. The number of allylic oxidation sites excluding steroid dienone is 2. The topological polar surface area (TPSA) is 27.7 Å². The maximum atomic E-state index is 4.22. The van der Waals surface area contributed by atoms with Crippen LogP contribution in [0.4, 0.5) is 0 Å². The largest absolute Gasteiger partial charge is 0.333 e. The number of amidine groups is 1. The SMILES string of the molecule is CC(C)(C)C1=[N+]2C=CC=CC2N=N1. The molecule has 0 bridgehead atoms. The lowest BCUT2D eigenvalue weighted by atomic mass is 9.95. The van der Waals surface area contributed by atoms with Crippen LogP contribution in [0.2, 0.25) is 0 Å². The van der Waals surface area contributed by atoms with E-state index in [9.17, 15) is 0 Å². The molecule has 0 aromatic rings. The quantitative estimate of drug-likeness (QED) is 0.507. The Bertz CT molecular complexity index is 340. The summed E-state index contributed by atoms with van der Waals surface area (Å²) >= 11 is 0. The predicted octanol–water partition coefficient (Wildman–Crippen LogP) is 2.32. The molecule has 2 heterocycles. The number of fused-ring (bicyclic) bond motifs is 1. The average Bonchev–Trinajstić information content (AvgIpc) is 2.45. The van der Waals surface area contributed by atoms with Crippen molar-refractivity contribution in [3.05, 3.63) is 24.4 Å². The molecule has 68 valence electrons. The van der Waals surface area contributed by atoms with E-state index in [4.69, 9.17) is 0 Å². The molecule has 2 aliphatic rings. The smallest absolute Gasteiger partial charge is 0.202 e. The van der Waals surface area contributed by atoms with Gasteiger partial charge in [0.25, 0.3) is 6.17 Å². The molecule has 0 radical (unpaired) electrons. The van der Waals surface area contributed by atoms with Crippen molar-refractivity contribution in [3.63, 3.8) is 0 Å². The van der Waals surface area contributed by atoms with Crippen LogP contribution >= 0.6 is 0 Å². The van der Waals surface area contributed by atoms with Crippen molar-refractivity contribution in [1.29, 1.82) is 0 Å². The second-order valence-electron chi connectivity index (χ2n) is 4.34. The summed E-state index contributed by atoms with van der Waals surface area (Å²) in [6, 6.07) is 0. The van der Waals surface area contributed by atoms with Gasteiger partial charge in [0.1, 0.15) is 0 Å². The Morgan fingerprint density at radius 1 is 1.31 bits per heavy atom. The van der Waals surface area contributed by atoms with E-state index in [0.717, 1.165) is 5.84 Å². The fraction of sp³-hybridized carbons (Fsp3) is 0.500. The Hall–Kier alpha value is -1.25. The molecule has 0 fully saturated rings. The van der Waals surface area contributed by atoms with Gasteiger partial charge in [0.15, 0.2) is 0 Å². The summed E-state index contributed by atoms with van der Waals surface area (Å²) in [5, 5.41) is 8.40. The first kappa shape index (κ1) is 8.35. The zero-order valence-electron chi connectivity index (χ0n) is 8.23. The molecule has 1 atom stereocenters. The van der Waals surface area contributed by atoms with Crippen molar-refractivity contribution in [1.82, 2.24) is 0 Å². The van der Waals surface area contributed by atoms with Gasteiger partial charge >= 0.3 is 5.84 Å². The van der Waals surface area contributed by atoms with Crippen molar-refractivity contribution in [3.8, 4) is 0 Å². The maximum absolute atomic E-state index is 4.22. The van der Waals surface area contributed by atoms with Crippen LogP contribution in [-0.4, -0.2) is 16.6 Å².